The highest BCUT2D eigenvalue weighted by Gasteiger charge is 2.11. The van der Waals surface area contributed by atoms with Crippen molar-refractivity contribution in [3.05, 3.63) is 12.2 Å². The molecule has 2 N–H and O–H groups in total. The van der Waals surface area contributed by atoms with Gasteiger partial charge in [-0.2, -0.15) is 0 Å². The lowest BCUT2D eigenvalue weighted by molar-refractivity contribution is -0.138. The third-order valence-electron chi connectivity index (χ3n) is 2.53. The first-order valence-electron chi connectivity index (χ1n) is 5.32. The Labute approximate surface area is 89.4 Å². The van der Waals surface area contributed by atoms with E-state index >= 15 is 0 Å². The molecular weight excluding hydrogens is 194 g/mol. The number of carbonyl (C=O) groups excluding carboxylic acids is 1. The first kappa shape index (κ1) is 11.8. The first-order chi connectivity index (χ1) is 7.18. The lowest BCUT2D eigenvalue weighted by Gasteiger charge is -2.17. The fourth-order valence-corrected chi connectivity index (χ4v) is 1.61. The lowest BCUT2D eigenvalue weighted by Crippen LogP contribution is -2.29. The van der Waals surface area contributed by atoms with Crippen molar-refractivity contribution >= 4 is 11.9 Å². The summed E-state index contributed by atoms with van der Waals surface area (Å²) in [5.41, 5.74) is 0. The van der Waals surface area contributed by atoms with Gasteiger partial charge in [-0.3, -0.25) is 9.59 Å². The van der Waals surface area contributed by atoms with Gasteiger partial charge in [-0.25, -0.2) is 0 Å². The number of nitrogens with one attached hydrogen (secondary N) is 1. The van der Waals surface area contributed by atoms with Crippen LogP contribution in [0.2, 0.25) is 0 Å². The summed E-state index contributed by atoms with van der Waals surface area (Å²) in [5, 5.41) is 11.2. The molecule has 1 aliphatic carbocycles. The van der Waals surface area contributed by atoms with E-state index in [1.807, 2.05) is 0 Å². The predicted molar refractivity (Wildman–Crippen MR) is 56.4 cm³/mol. The van der Waals surface area contributed by atoms with E-state index < -0.39 is 5.97 Å². The normalized spacial score (nSPS) is 19.9. The molecule has 1 rings (SSSR count). The highest BCUT2D eigenvalue weighted by Crippen LogP contribution is 2.16. The maximum atomic E-state index is 11.2. The second-order valence-electron chi connectivity index (χ2n) is 3.85. The highest BCUT2D eigenvalue weighted by molar-refractivity contribution is 5.80. The van der Waals surface area contributed by atoms with Gasteiger partial charge in [0.05, 0.1) is 6.42 Å². The summed E-state index contributed by atoms with van der Waals surface area (Å²) in [7, 11) is 0. The summed E-state index contributed by atoms with van der Waals surface area (Å²) in [5.74, 6) is -0.568. The van der Waals surface area contributed by atoms with Gasteiger partial charge in [-0.15, -0.1) is 0 Å². The van der Waals surface area contributed by atoms with Gasteiger partial charge in [0.25, 0.3) is 0 Å². The van der Waals surface area contributed by atoms with E-state index in [-0.39, 0.29) is 18.7 Å². The Hall–Kier alpha value is -1.32. The maximum absolute atomic E-state index is 11.2. The van der Waals surface area contributed by atoms with E-state index in [1.54, 1.807) is 0 Å². The average molecular weight is 211 g/mol. The topological polar surface area (TPSA) is 66.4 Å². The zero-order valence-corrected chi connectivity index (χ0v) is 8.74. The Morgan fingerprint density at radius 1 is 1.33 bits per heavy atom. The van der Waals surface area contributed by atoms with Gasteiger partial charge in [0.2, 0.25) is 5.91 Å². The fraction of sp³-hybridized carbons (Fsp3) is 0.636. The van der Waals surface area contributed by atoms with E-state index in [9.17, 15) is 9.59 Å². The molecular formula is C11H17NO3. The van der Waals surface area contributed by atoms with Crippen LogP contribution in [-0.2, 0) is 9.59 Å². The van der Waals surface area contributed by atoms with E-state index in [4.69, 9.17) is 5.11 Å². The Bertz CT molecular complexity index is 261. The number of carbonyl (C=O) groups is 2. The van der Waals surface area contributed by atoms with Gasteiger partial charge < -0.3 is 10.4 Å². The van der Waals surface area contributed by atoms with Crippen LogP contribution in [0.5, 0.6) is 0 Å². The van der Waals surface area contributed by atoms with Crippen molar-refractivity contribution in [2.75, 3.05) is 6.54 Å². The number of aliphatic carboxylic acids is 1. The van der Waals surface area contributed by atoms with Crippen molar-refractivity contribution in [3.8, 4) is 0 Å². The highest BCUT2D eigenvalue weighted by atomic mass is 16.4. The van der Waals surface area contributed by atoms with Crippen molar-refractivity contribution in [1.29, 1.82) is 0 Å². The Balaban J connectivity index is 2.10. The van der Waals surface area contributed by atoms with Gasteiger partial charge in [-0.1, -0.05) is 12.2 Å². The SMILES string of the molecule is O=C(O)CCC(=O)NCC1CC=CCC1. The summed E-state index contributed by atoms with van der Waals surface area (Å²) < 4.78 is 0. The minimum atomic E-state index is -0.925. The second kappa shape index (κ2) is 6.22. The molecule has 15 heavy (non-hydrogen) atoms. The largest absolute Gasteiger partial charge is 0.481 e. The number of hydrogen-bond donors (Lipinski definition) is 2. The quantitative estimate of drug-likeness (QED) is 0.674. The number of amides is 1. The standard InChI is InChI=1S/C11H17NO3/c13-10(6-7-11(14)15)12-8-9-4-2-1-3-5-9/h1-2,9H,3-8H2,(H,12,13)(H,14,15). The molecule has 1 unspecified atom stereocenters. The van der Waals surface area contributed by atoms with Crippen LogP contribution in [-0.4, -0.2) is 23.5 Å². The zero-order valence-electron chi connectivity index (χ0n) is 8.74. The van der Waals surface area contributed by atoms with Gasteiger partial charge in [0.15, 0.2) is 0 Å². The molecule has 1 aliphatic rings. The summed E-state index contributed by atoms with van der Waals surface area (Å²) in [4.78, 5) is 21.4. The molecule has 1 atom stereocenters. The first-order valence-corrected chi connectivity index (χ1v) is 5.32. The Morgan fingerprint density at radius 3 is 2.73 bits per heavy atom. The zero-order chi connectivity index (χ0) is 11.1. The lowest BCUT2D eigenvalue weighted by atomic mass is 9.94. The van der Waals surface area contributed by atoms with Crippen LogP contribution in [0.15, 0.2) is 12.2 Å². The molecule has 0 heterocycles. The van der Waals surface area contributed by atoms with Crippen LogP contribution in [0, 0.1) is 5.92 Å². The molecule has 4 nitrogen and oxygen atoms in total. The molecule has 0 radical (unpaired) electrons. The molecule has 0 aromatic carbocycles. The van der Waals surface area contributed by atoms with Crippen molar-refractivity contribution in [3.63, 3.8) is 0 Å². The predicted octanol–water partition coefficient (Wildman–Crippen LogP) is 1.32. The monoisotopic (exact) mass is 211 g/mol. The molecule has 0 fully saturated rings. The number of hydrogen-bond acceptors (Lipinski definition) is 2. The van der Waals surface area contributed by atoms with Crippen LogP contribution >= 0.6 is 0 Å². The number of allylic oxidation sites excluding steroid dienone is 2. The van der Waals surface area contributed by atoms with Gasteiger partial charge in [0.1, 0.15) is 0 Å². The number of carboxylic acids is 1. The summed E-state index contributed by atoms with van der Waals surface area (Å²) in [6, 6.07) is 0. The van der Waals surface area contributed by atoms with Crippen molar-refractivity contribution in [2.45, 2.75) is 32.1 Å². The molecule has 1 amide bonds. The summed E-state index contributed by atoms with van der Waals surface area (Å²) in [6.07, 6.45) is 7.49. The molecule has 0 aliphatic heterocycles. The molecule has 0 aromatic heterocycles. The molecule has 0 bridgehead atoms. The molecule has 4 heteroatoms. The van der Waals surface area contributed by atoms with Crippen molar-refractivity contribution in [2.24, 2.45) is 5.92 Å². The Morgan fingerprint density at radius 2 is 2.13 bits per heavy atom. The number of carboxylic acid groups (broad SMARTS) is 1. The number of rotatable bonds is 5. The van der Waals surface area contributed by atoms with Crippen LogP contribution < -0.4 is 5.32 Å². The minimum Gasteiger partial charge on any atom is -0.481 e. The molecule has 0 saturated carbocycles. The van der Waals surface area contributed by atoms with Crippen molar-refractivity contribution in [1.82, 2.24) is 5.32 Å². The summed E-state index contributed by atoms with van der Waals surface area (Å²) in [6.45, 7) is 0.669. The third kappa shape index (κ3) is 5.20. The molecule has 0 aromatic rings. The minimum absolute atomic E-state index is 0.0812. The molecule has 84 valence electrons. The van der Waals surface area contributed by atoms with E-state index in [0.717, 1.165) is 19.3 Å². The summed E-state index contributed by atoms with van der Waals surface area (Å²) >= 11 is 0. The fourth-order valence-electron chi connectivity index (χ4n) is 1.61. The van der Waals surface area contributed by atoms with Gasteiger partial charge in [0, 0.05) is 13.0 Å². The van der Waals surface area contributed by atoms with Gasteiger partial charge >= 0.3 is 5.97 Å². The van der Waals surface area contributed by atoms with E-state index in [2.05, 4.69) is 17.5 Å². The van der Waals surface area contributed by atoms with Crippen molar-refractivity contribution < 1.29 is 14.7 Å². The van der Waals surface area contributed by atoms with Crippen LogP contribution in [0.1, 0.15) is 32.1 Å². The second-order valence-corrected chi connectivity index (χ2v) is 3.85. The average Bonchev–Trinajstić information content (AvgIpc) is 2.25. The van der Waals surface area contributed by atoms with Gasteiger partial charge in [-0.05, 0) is 25.2 Å². The maximum Gasteiger partial charge on any atom is 0.303 e. The van der Waals surface area contributed by atoms with Crippen LogP contribution in [0.25, 0.3) is 0 Å². The van der Waals surface area contributed by atoms with Crippen LogP contribution in [0.3, 0.4) is 0 Å². The Kier molecular flexibility index (Phi) is 4.87. The smallest absolute Gasteiger partial charge is 0.303 e. The van der Waals surface area contributed by atoms with E-state index in [1.165, 1.54) is 0 Å². The molecule has 0 spiro atoms. The molecule has 0 saturated heterocycles. The van der Waals surface area contributed by atoms with Crippen LogP contribution in [0.4, 0.5) is 0 Å². The van der Waals surface area contributed by atoms with E-state index in [0.29, 0.717) is 12.5 Å². The third-order valence-corrected chi connectivity index (χ3v) is 2.53.